The van der Waals surface area contributed by atoms with E-state index >= 15 is 0 Å². The van der Waals surface area contributed by atoms with Gasteiger partial charge < -0.3 is 10.6 Å². The first kappa shape index (κ1) is 11.1. The molecule has 1 aromatic rings. The molecule has 0 aromatic heterocycles. The van der Waals surface area contributed by atoms with Crippen LogP contribution in [0.3, 0.4) is 0 Å². The third kappa shape index (κ3) is 2.32. The lowest BCUT2D eigenvalue weighted by Crippen LogP contribution is -2.20. The standard InChI is InChI=1S/C15H22N2/c1-15(2)9-14(15)17-10-11-5-6-13-12(8-11)4-3-7-16-13/h5-6,8,14,16-17H,3-4,7,9-10H2,1-2H3. The molecule has 17 heavy (non-hydrogen) atoms. The molecule has 2 aliphatic rings. The molecule has 1 aliphatic carbocycles. The van der Waals surface area contributed by atoms with Crippen molar-refractivity contribution >= 4 is 5.69 Å². The van der Waals surface area contributed by atoms with E-state index in [0.717, 1.165) is 19.1 Å². The number of nitrogens with one attached hydrogen (secondary N) is 2. The zero-order valence-corrected chi connectivity index (χ0v) is 10.8. The smallest absolute Gasteiger partial charge is 0.0372 e. The van der Waals surface area contributed by atoms with Gasteiger partial charge in [0.1, 0.15) is 0 Å². The molecule has 0 spiro atoms. The Balaban J connectivity index is 1.64. The summed E-state index contributed by atoms with van der Waals surface area (Å²) >= 11 is 0. The highest BCUT2D eigenvalue weighted by molar-refractivity contribution is 5.54. The van der Waals surface area contributed by atoms with Crippen molar-refractivity contribution in [2.45, 2.75) is 45.7 Å². The Morgan fingerprint density at radius 3 is 3.00 bits per heavy atom. The minimum absolute atomic E-state index is 0.524. The summed E-state index contributed by atoms with van der Waals surface area (Å²) < 4.78 is 0. The summed E-state index contributed by atoms with van der Waals surface area (Å²) in [5, 5.41) is 7.11. The number of aryl methyl sites for hydroxylation is 1. The minimum atomic E-state index is 0.524. The number of anilines is 1. The van der Waals surface area contributed by atoms with E-state index in [1.807, 2.05) is 0 Å². The van der Waals surface area contributed by atoms with E-state index in [1.165, 1.54) is 36.1 Å². The van der Waals surface area contributed by atoms with E-state index in [-0.39, 0.29) is 0 Å². The molecule has 1 atom stereocenters. The molecule has 2 heteroatoms. The number of fused-ring (bicyclic) bond motifs is 1. The molecule has 1 unspecified atom stereocenters. The lowest BCUT2D eigenvalue weighted by molar-refractivity contribution is 0.542. The van der Waals surface area contributed by atoms with Crippen LogP contribution in [0.4, 0.5) is 5.69 Å². The van der Waals surface area contributed by atoms with Gasteiger partial charge in [0.05, 0.1) is 0 Å². The molecular formula is C15H22N2. The average molecular weight is 230 g/mol. The molecule has 2 nitrogen and oxygen atoms in total. The van der Waals surface area contributed by atoms with Crippen LogP contribution in [-0.4, -0.2) is 12.6 Å². The molecule has 0 saturated heterocycles. The Hall–Kier alpha value is -1.02. The first-order chi connectivity index (χ1) is 8.15. The van der Waals surface area contributed by atoms with E-state index in [1.54, 1.807) is 0 Å². The van der Waals surface area contributed by atoms with Crippen molar-refractivity contribution in [3.8, 4) is 0 Å². The van der Waals surface area contributed by atoms with Crippen molar-refractivity contribution in [2.24, 2.45) is 5.41 Å². The van der Waals surface area contributed by atoms with Gasteiger partial charge in [-0.25, -0.2) is 0 Å². The van der Waals surface area contributed by atoms with Crippen LogP contribution in [0.1, 0.15) is 37.8 Å². The van der Waals surface area contributed by atoms with Gasteiger partial charge in [0.15, 0.2) is 0 Å². The Morgan fingerprint density at radius 2 is 2.24 bits per heavy atom. The second-order valence-electron chi connectivity index (χ2n) is 6.15. The minimum Gasteiger partial charge on any atom is -0.385 e. The Kier molecular flexibility index (Phi) is 2.62. The van der Waals surface area contributed by atoms with Crippen molar-refractivity contribution in [3.63, 3.8) is 0 Å². The fourth-order valence-corrected chi connectivity index (χ4v) is 2.69. The molecule has 2 N–H and O–H groups in total. The fraction of sp³-hybridized carbons (Fsp3) is 0.600. The van der Waals surface area contributed by atoms with Gasteiger partial charge in [0.25, 0.3) is 0 Å². The largest absolute Gasteiger partial charge is 0.385 e. The van der Waals surface area contributed by atoms with Crippen LogP contribution in [0.5, 0.6) is 0 Å². The molecule has 1 saturated carbocycles. The highest BCUT2D eigenvalue weighted by Crippen LogP contribution is 2.44. The van der Waals surface area contributed by atoms with Crippen LogP contribution >= 0.6 is 0 Å². The van der Waals surface area contributed by atoms with Gasteiger partial charge in [-0.2, -0.15) is 0 Å². The molecule has 1 fully saturated rings. The van der Waals surface area contributed by atoms with Gasteiger partial charge in [-0.05, 0) is 41.9 Å². The highest BCUT2D eigenvalue weighted by atomic mass is 15.0. The number of hydrogen-bond donors (Lipinski definition) is 2. The third-order valence-corrected chi connectivity index (χ3v) is 4.17. The number of benzene rings is 1. The normalized spacial score (nSPS) is 24.9. The lowest BCUT2D eigenvalue weighted by atomic mass is 10.0. The maximum absolute atomic E-state index is 3.65. The second kappa shape index (κ2) is 4.02. The van der Waals surface area contributed by atoms with Crippen molar-refractivity contribution in [2.75, 3.05) is 11.9 Å². The van der Waals surface area contributed by atoms with Gasteiger partial charge >= 0.3 is 0 Å². The maximum atomic E-state index is 3.65. The zero-order valence-electron chi connectivity index (χ0n) is 10.8. The lowest BCUT2D eigenvalue weighted by Gasteiger charge is -2.19. The van der Waals surface area contributed by atoms with Crippen LogP contribution in [-0.2, 0) is 13.0 Å². The second-order valence-corrected chi connectivity index (χ2v) is 6.15. The Bertz CT molecular complexity index is 423. The monoisotopic (exact) mass is 230 g/mol. The Labute approximate surface area is 104 Å². The molecule has 1 aliphatic heterocycles. The predicted molar refractivity (Wildman–Crippen MR) is 72.3 cm³/mol. The number of rotatable bonds is 3. The van der Waals surface area contributed by atoms with E-state index in [4.69, 9.17) is 0 Å². The molecule has 0 radical (unpaired) electrons. The first-order valence-electron chi connectivity index (χ1n) is 6.74. The van der Waals surface area contributed by atoms with Crippen molar-refractivity contribution in [1.29, 1.82) is 0 Å². The summed E-state index contributed by atoms with van der Waals surface area (Å²) in [4.78, 5) is 0. The number of hydrogen-bond acceptors (Lipinski definition) is 2. The summed E-state index contributed by atoms with van der Waals surface area (Å²) in [6.07, 6.45) is 3.81. The fourth-order valence-electron chi connectivity index (χ4n) is 2.69. The van der Waals surface area contributed by atoms with E-state index < -0.39 is 0 Å². The van der Waals surface area contributed by atoms with E-state index in [0.29, 0.717) is 5.41 Å². The van der Waals surface area contributed by atoms with Crippen LogP contribution in [0.2, 0.25) is 0 Å². The molecule has 92 valence electrons. The maximum Gasteiger partial charge on any atom is 0.0372 e. The van der Waals surface area contributed by atoms with Gasteiger partial charge in [-0.1, -0.05) is 26.0 Å². The first-order valence-corrected chi connectivity index (χ1v) is 6.74. The van der Waals surface area contributed by atoms with Gasteiger partial charge in [-0.15, -0.1) is 0 Å². The molecule has 0 bridgehead atoms. The summed E-state index contributed by atoms with van der Waals surface area (Å²) in [6, 6.07) is 7.57. The summed E-state index contributed by atoms with van der Waals surface area (Å²) in [5.74, 6) is 0. The van der Waals surface area contributed by atoms with Crippen molar-refractivity contribution < 1.29 is 0 Å². The highest BCUT2D eigenvalue weighted by Gasteiger charge is 2.44. The van der Waals surface area contributed by atoms with Crippen LogP contribution in [0.15, 0.2) is 18.2 Å². The van der Waals surface area contributed by atoms with Gasteiger partial charge in [0.2, 0.25) is 0 Å². The molecule has 1 aromatic carbocycles. The van der Waals surface area contributed by atoms with Crippen LogP contribution < -0.4 is 10.6 Å². The summed E-state index contributed by atoms with van der Waals surface area (Å²) in [5.41, 5.74) is 4.78. The van der Waals surface area contributed by atoms with Crippen molar-refractivity contribution in [3.05, 3.63) is 29.3 Å². The predicted octanol–water partition coefficient (Wildman–Crippen LogP) is 2.93. The summed E-state index contributed by atoms with van der Waals surface area (Å²) in [7, 11) is 0. The SMILES string of the molecule is CC1(C)CC1NCc1ccc2c(c1)CCCN2. The van der Waals surface area contributed by atoms with Gasteiger partial charge in [-0.3, -0.25) is 0 Å². The van der Waals surface area contributed by atoms with E-state index in [2.05, 4.69) is 42.7 Å². The Morgan fingerprint density at radius 1 is 1.41 bits per heavy atom. The molecular weight excluding hydrogens is 208 g/mol. The van der Waals surface area contributed by atoms with Crippen LogP contribution in [0, 0.1) is 5.41 Å². The topological polar surface area (TPSA) is 24.1 Å². The third-order valence-electron chi connectivity index (χ3n) is 4.17. The quantitative estimate of drug-likeness (QED) is 0.834. The zero-order chi connectivity index (χ0) is 11.9. The van der Waals surface area contributed by atoms with Gasteiger partial charge in [0, 0.05) is 24.8 Å². The molecule has 3 rings (SSSR count). The van der Waals surface area contributed by atoms with E-state index in [9.17, 15) is 0 Å². The molecule has 1 heterocycles. The van der Waals surface area contributed by atoms with Crippen molar-refractivity contribution in [1.82, 2.24) is 5.32 Å². The van der Waals surface area contributed by atoms with Crippen LogP contribution in [0.25, 0.3) is 0 Å². The average Bonchev–Trinajstić information content (AvgIpc) is 2.94. The summed E-state index contributed by atoms with van der Waals surface area (Å²) in [6.45, 7) is 6.81. The molecule has 0 amide bonds.